The highest BCUT2D eigenvalue weighted by atomic mass is 19.1. The fourth-order valence-corrected chi connectivity index (χ4v) is 1.40. The van der Waals surface area contributed by atoms with E-state index in [2.05, 4.69) is 20.4 Å². The minimum absolute atomic E-state index is 0.509. The van der Waals surface area contributed by atoms with Gasteiger partial charge in [0.2, 0.25) is 0 Å². The van der Waals surface area contributed by atoms with Crippen molar-refractivity contribution in [3.63, 3.8) is 0 Å². The van der Waals surface area contributed by atoms with Gasteiger partial charge in [-0.25, -0.2) is 4.39 Å². The third-order valence-corrected chi connectivity index (χ3v) is 3.30. The van der Waals surface area contributed by atoms with E-state index in [0.717, 1.165) is 17.6 Å². The molecule has 0 aromatic carbocycles. The number of halogens is 1. The lowest BCUT2D eigenvalue weighted by Crippen LogP contribution is -1.99. The zero-order chi connectivity index (χ0) is 11.5. The van der Waals surface area contributed by atoms with Crippen molar-refractivity contribution in [1.29, 1.82) is 0 Å². The van der Waals surface area contributed by atoms with E-state index in [9.17, 15) is 4.39 Å². The molecule has 0 saturated heterocycles. The van der Waals surface area contributed by atoms with Crippen molar-refractivity contribution in [3.05, 3.63) is 36.0 Å². The normalized spacial score (nSPS) is 21.7. The summed E-state index contributed by atoms with van der Waals surface area (Å²) in [5.74, 6) is 0.509. The van der Waals surface area contributed by atoms with Gasteiger partial charge in [0.05, 0.1) is 0 Å². The van der Waals surface area contributed by atoms with E-state index in [0.29, 0.717) is 18.8 Å². The zero-order valence-corrected chi connectivity index (χ0v) is 10.0. The highest BCUT2D eigenvalue weighted by Crippen LogP contribution is 2.45. The first-order chi connectivity index (χ1) is 6.99. The van der Waals surface area contributed by atoms with E-state index < -0.39 is 5.67 Å². The Morgan fingerprint density at radius 1 is 1.53 bits per heavy atom. The van der Waals surface area contributed by atoms with Crippen molar-refractivity contribution < 1.29 is 4.39 Å². The summed E-state index contributed by atoms with van der Waals surface area (Å²) in [5, 5.41) is 0. The molecule has 0 aromatic rings. The van der Waals surface area contributed by atoms with Gasteiger partial charge < -0.3 is 0 Å². The number of allylic oxidation sites excluding steroid dienone is 5. The SMILES string of the molecule is C=C(/C=C\C=C(/C)C1(F)CC1)C(C)CC. The van der Waals surface area contributed by atoms with Crippen molar-refractivity contribution in [2.24, 2.45) is 5.92 Å². The first-order valence-corrected chi connectivity index (χ1v) is 5.73. The summed E-state index contributed by atoms with van der Waals surface area (Å²) in [7, 11) is 0. The van der Waals surface area contributed by atoms with Crippen LogP contribution >= 0.6 is 0 Å². The van der Waals surface area contributed by atoms with Crippen LogP contribution in [-0.2, 0) is 0 Å². The Morgan fingerprint density at radius 2 is 2.13 bits per heavy atom. The van der Waals surface area contributed by atoms with Crippen LogP contribution in [0.15, 0.2) is 36.0 Å². The highest BCUT2D eigenvalue weighted by Gasteiger charge is 2.44. The van der Waals surface area contributed by atoms with Crippen molar-refractivity contribution in [3.8, 4) is 0 Å². The van der Waals surface area contributed by atoms with Crippen LogP contribution in [0.25, 0.3) is 0 Å². The molecule has 0 aromatic heterocycles. The second kappa shape index (κ2) is 4.78. The standard InChI is InChI=1S/C14H21F/c1-5-11(2)12(3)7-6-8-13(4)14(15)9-10-14/h6-8,11H,3,5,9-10H2,1-2,4H3/b7-6-,13-8+. The van der Waals surface area contributed by atoms with Crippen LogP contribution in [0.4, 0.5) is 4.39 Å². The maximum atomic E-state index is 13.5. The number of hydrogen-bond acceptors (Lipinski definition) is 0. The first-order valence-electron chi connectivity index (χ1n) is 5.73. The molecule has 0 aliphatic heterocycles. The molecule has 1 saturated carbocycles. The van der Waals surface area contributed by atoms with E-state index in [1.165, 1.54) is 0 Å². The minimum Gasteiger partial charge on any atom is -0.239 e. The molecule has 0 heterocycles. The van der Waals surface area contributed by atoms with Crippen LogP contribution in [0.3, 0.4) is 0 Å². The first kappa shape index (κ1) is 12.2. The third kappa shape index (κ3) is 3.33. The van der Waals surface area contributed by atoms with Gasteiger partial charge in [0.1, 0.15) is 5.67 Å². The second-order valence-corrected chi connectivity index (χ2v) is 4.56. The Hall–Kier alpha value is -0.850. The third-order valence-electron chi connectivity index (χ3n) is 3.30. The molecule has 1 aliphatic carbocycles. The lowest BCUT2D eigenvalue weighted by Gasteiger charge is -2.07. The van der Waals surface area contributed by atoms with Gasteiger partial charge in [-0.2, -0.15) is 0 Å². The summed E-state index contributed by atoms with van der Waals surface area (Å²) < 4.78 is 13.5. The van der Waals surface area contributed by atoms with E-state index >= 15 is 0 Å². The largest absolute Gasteiger partial charge is 0.239 e. The highest BCUT2D eigenvalue weighted by molar-refractivity contribution is 5.29. The minimum atomic E-state index is -0.984. The molecule has 1 fully saturated rings. The van der Waals surface area contributed by atoms with E-state index in [-0.39, 0.29) is 0 Å². The smallest absolute Gasteiger partial charge is 0.132 e. The lowest BCUT2D eigenvalue weighted by atomic mass is 9.99. The maximum absolute atomic E-state index is 13.5. The summed E-state index contributed by atoms with van der Waals surface area (Å²) in [6.45, 7) is 10.2. The number of alkyl halides is 1. The topological polar surface area (TPSA) is 0 Å². The molecule has 1 aliphatic rings. The number of hydrogen-bond donors (Lipinski definition) is 0. The van der Waals surface area contributed by atoms with Crippen molar-refractivity contribution in [1.82, 2.24) is 0 Å². The molecule has 0 amide bonds. The molecule has 84 valence electrons. The summed E-state index contributed by atoms with van der Waals surface area (Å²) in [6.07, 6.45) is 8.26. The predicted octanol–water partition coefficient (Wildman–Crippen LogP) is 4.59. The van der Waals surface area contributed by atoms with Crippen molar-refractivity contribution in [2.75, 3.05) is 0 Å². The molecule has 15 heavy (non-hydrogen) atoms. The van der Waals surface area contributed by atoms with E-state index in [1.807, 2.05) is 25.2 Å². The van der Waals surface area contributed by atoms with Crippen LogP contribution in [0, 0.1) is 5.92 Å². The molecular formula is C14H21F. The van der Waals surface area contributed by atoms with Crippen LogP contribution in [-0.4, -0.2) is 5.67 Å². The molecule has 0 radical (unpaired) electrons. The molecule has 0 nitrogen and oxygen atoms in total. The lowest BCUT2D eigenvalue weighted by molar-refractivity contribution is 0.361. The molecule has 0 N–H and O–H groups in total. The van der Waals surface area contributed by atoms with Crippen LogP contribution in [0.5, 0.6) is 0 Å². The quantitative estimate of drug-likeness (QED) is 0.579. The van der Waals surface area contributed by atoms with Crippen molar-refractivity contribution in [2.45, 2.75) is 45.7 Å². The molecule has 1 unspecified atom stereocenters. The number of rotatable bonds is 5. The molecule has 1 rings (SSSR count). The summed E-state index contributed by atoms with van der Waals surface area (Å²) >= 11 is 0. The van der Waals surface area contributed by atoms with E-state index in [4.69, 9.17) is 0 Å². The van der Waals surface area contributed by atoms with Crippen LogP contribution in [0.2, 0.25) is 0 Å². The zero-order valence-electron chi connectivity index (χ0n) is 10.0. The Kier molecular flexibility index (Phi) is 3.90. The Labute approximate surface area is 92.6 Å². The Balaban J connectivity index is 2.48. The van der Waals surface area contributed by atoms with Gasteiger partial charge in [-0.3, -0.25) is 0 Å². The molecule has 1 heteroatoms. The summed E-state index contributed by atoms with van der Waals surface area (Å²) in [6, 6.07) is 0. The molecular weight excluding hydrogens is 187 g/mol. The van der Waals surface area contributed by atoms with Gasteiger partial charge >= 0.3 is 0 Å². The van der Waals surface area contributed by atoms with E-state index in [1.54, 1.807) is 0 Å². The maximum Gasteiger partial charge on any atom is 0.132 e. The molecule has 0 spiro atoms. The average molecular weight is 208 g/mol. The fraction of sp³-hybridized carbons (Fsp3) is 0.571. The Bertz CT molecular complexity index is 292. The van der Waals surface area contributed by atoms with Crippen LogP contribution < -0.4 is 0 Å². The van der Waals surface area contributed by atoms with Gasteiger partial charge in [-0.15, -0.1) is 0 Å². The van der Waals surface area contributed by atoms with Gasteiger partial charge in [-0.05, 0) is 37.7 Å². The van der Waals surface area contributed by atoms with Crippen molar-refractivity contribution >= 4 is 0 Å². The Morgan fingerprint density at radius 3 is 2.60 bits per heavy atom. The van der Waals surface area contributed by atoms with Crippen LogP contribution in [0.1, 0.15) is 40.0 Å². The monoisotopic (exact) mass is 208 g/mol. The van der Waals surface area contributed by atoms with Gasteiger partial charge in [-0.1, -0.05) is 44.2 Å². The summed E-state index contributed by atoms with van der Waals surface area (Å²) in [5.41, 5.74) is 0.975. The van der Waals surface area contributed by atoms with Gasteiger partial charge in [0, 0.05) is 0 Å². The fourth-order valence-electron chi connectivity index (χ4n) is 1.40. The molecule has 0 bridgehead atoms. The second-order valence-electron chi connectivity index (χ2n) is 4.56. The van der Waals surface area contributed by atoms with Gasteiger partial charge in [0.15, 0.2) is 0 Å². The predicted molar refractivity (Wildman–Crippen MR) is 64.6 cm³/mol. The summed E-state index contributed by atoms with van der Waals surface area (Å²) in [4.78, 5) is 0. The molecule has 1 atom stereocenters. The van der Waals surface area contributed by atoms with Gasteiger partial charge in [0.25, 0.3) is 0 Å². The average Bonchev–Trinajstić information content (AvgIpc) is 2.96.